The molecule has 0 fully saturated rings. The van der Waals surface area contributed by atoms with E-state index in [1.807, 2.05) is 24.6 Å². The Labute approximate surface area is 118 Å². The molecule has 0 aliphatic heterocycles. The average molecular weight is 274 g/mol. The van der Waals surface area contributed by atoms with Gasteiger partial charge in [0.15, 0.2) is 17.8 Å². The minimum absolute atomic E-state index is 0.541. The average Bonchev–Trinajstić information content (AvgIpc) is 2.86. The second kappa shape index (κ2) is 5.77. The summed E-state index contributed by atoms with van der Waals surface area (Å²) in [4.78, 5) is 11.3. The van der Waals surface area contributed by atoms with E-state index in [4.69, 9.17) is 9.47 Å². The molecule has 0 N–H and O–H groups in total. The lowest BCUT2D eigenvalue weighted by Crippen LogP contribution is -1.99. The number of benzene rings is 1. The van der Waals surface area contributed by atoms with Gasteiger partial charge in [-0.2, -0.15) is 5.10 Å². The van der Waals surface area contributed by atoms with Crippen LogP contribution in [-0.4, -0.2) is 30.3 Å². The summed E-state index contributed by atoms with van der Waals surface area (Å²) in [6.07, 6.45) is 2.59. The maximum atomic E-state index is 11.3. The lowest BCUT2D eigenvalue weighted by atomic mass is 10.00. The minimum atomic E-state index is 0.541. The Morgan fingerprint density at radius 1 is 1.20 bits per heavy atom. The number of rotatable bonds is 5. The molecular weight excluding hydrogens is 256 g/mol. The van der Waals surface area contributed by atoms with Crippen LogP contribution >= 0.6 is 0 Å². The maximum absolute atomic E-state index is 11.3. The predicted molar refractivity (Wildman–Crippen MR) is 76.6 cm³/mol. The van der Waals surface area contributed by atoms with Crippen LogP contribution in [-0.2, 0) is 6.54 Å². The fourth-order valence-corrected chi connectivity index (χ4v) is 2.26. The van der Waals surface area contributed by atoms with E-state index in [0.29, 0.717) is 17.1 Å². The van der Waals surface area contributed by atoms with Crippen molar-refractivity contribution < 1.29 is 14.3 Å². The van der Waals surface area contributed by atoms with Crippen molar-refractivity contribution in [2.75, 3.05) is 14.2 Å². The second-order valence-electron chi connectivity index (χ2n) is 4.37. The van der Waals surface area contributed by atoms with Gasteiger partial charge in [-0.3, -0.25) is 9.48 Å². The number of carbonyl (C=O) groups excluding carboxylic acids is 1. The van der Waals surface area contributed by atoms with Crippen molar-refractivity contribution in [3.63, 3.8) is 0 Å². The molecule has 0 aliphatic rings. The van der Waals surface area contributed by atoms with Gasteiger partial charge in [0.25, 0.3) is 0 Å². The van der Waals surface area contributed by atoms with Crippen molar-refractivity contribution in [3.8, 4) is 22.6 Å². The molecule has 0 amide bonds. The van der Waals surface area contributed by atoms with E-state index in [0.717, 1.165) is 29.7 Å². The Morgan fingerprint density at radius 2 is 1.85 bits per heavy atom. The van der Waals surface area contributed by atoms with E-state index < -0.39 is 0 Å². The van der Waals surface area contributed by atoms with E-state index in [9.17, 15) is 4.79 Å². The monoisotopic (exact) mass is 274 g/mol. The summed E-state index contributed by atoms with van der Waals surface area (Å²) in [5.41, 5.74) is 3.30. The first-order chi connectivity index (χ1) is 9.65. The summed E-state index contributed by atoms with van der Waals surface area (Å²) in [7, 11) is 3.12. The Bertz CT molecular complexity index is 632. The largest absolute Gasteiger partial charge is 0.493 e. The topological polar surface area (TPSA) is 53.4 Å². The maximum Gasteiger partial charge on any atom is 0.161 e. The lowest BCUT2D eigenvalue weighted by Gasteiger charge is -2.12. The number of ether oxygens (including phenoxy) is 2. The van der Waals surface area contributed by atoms with Crippen molar-refractivity contribution in [1.29, 1.82) is 0 Å². The quantitative estimate of drug-likeness (QED) is 0.787. The van der Waals surface area contributed by atoms with Crippen molar-refractivity contribution in [2.24, 2.45) is 0 Å². The molecule has 0 saturated carbocycles. The lowest BCUT2D eigenvalue weighted by molar-refractivity contribution is 0.112. The number of carbonyl (C=O) groups is 1. The first kappa shape index (κ1) is 14.1. The van der Waals surface area contributed by atoms with Gasteiger partial charge in [0.05, 0.1) is 20.4 Å². The summed E-state index contributed by atoms with van der Waals surface area (Å²) >= 11 is 0. The number of aryl methyl sites for hydroxylation is 1. The second-order valence-corrected chi connectivity index (χ2v) is 4.37. The minimum Gasteiger partial charge on any atom is -0.493 e. The molecule has 1 heterocycles. The SMILES string of the molecule is CCn1ncc(-c2cc(OC)c(OC)cc2C=O)c1C. The molecular formula is C15H18N2O3. The third-order valence-corrected chi connectivity index (χ3v) is 3.38. The zero-order valence-corrected chi connectivity index (χ0v) is 12.1. The normalized spacial score (nSPS) is 10.4. The predicted octanol–water partition coefficient (Wildman–Crippen LogP) is 2.71. The van der Waals surface area contributed by atoms with Gasteiger partial charge in [-0.25, -0.2) is 0 Å². The van der Waals surface area contributed by atoms with Gasteiger partial charge in [-0.05, 0) is 31.5 Å². The number of hydrogen-bond donors (Lipinski definition) is 0. The highest BCUT2D eigenvalue weighted by Crippen LogP contribution is 2.36. The molecule has 2 aromatic rings. The summed E-state index contributed by atoms with van der Waals surface area (Å²) in [5.74, 6) is 1.13. The van der Waals surface area contributed by atoms with Crippen LogP contribution in [0, 0.1) is 6.92 Å². The summed E-state index contributed by atoms with van der Waals surface area (Å²) in [5, 5.41) is 4.31. The van der Waals surface area contributed by atoms with Crippen LogP contribution in [0.3, 0.4) is 0 Å². The van der Waals surface area contributed by atoms with Crippen LogP contribution in [0.2, 0.25) is 0 Å². The van der Waals surface area contributed by atoms with Gasteiger partial charge in [-0.1, -0.05) is 0 Å². The van der Waals surface area contributed by atoms with Crippen molar-refractivity contribution in [2.45, 2.75) is 20.4 Å². The van der Waals surface area contributed by atoms with Crippen LogP contribution in [0.15, 0.2) is 18.3 Å². The van der Waals surface area contributed by atoms with Crippen molar-refractivity contribution in [1.82, 2.24) is 9.78 Å². The highest BCUT2D eigenvalue weighted by atomic mass is 16.5. The molecule has 0 spiro atoms. The highest BCUT2D eigenvalue weighted by Gasteiger charge is 2.16. The molecule has 1 aromatic carbocycles. The van der Waals surface area contributed by atoms with Gasteiger partial charge >= 0.3 is 0 Å². The molecule has 0 atom stereocenters. The number of methoxy groups -OCH3 is 2. The molecule has 0 bridgehead atoms. The molecule has 2 rings (SSSR count). The molecule has 0 aliphatic carbocycles. The van der Waals surface area contributed by atoms with Crippen molar-refractivity contribution in [3.05, 3.63) is 29.6 Å². The van der Waals surface area contributed by atoms with Crippen LogP contribution in [0.1, 0.15) is 23.0 Å². The van der Waals surface area contributed by atoms with Gasteiger partial charge in [0.1, 0.15) is 0 Å². The van der Waals surface area contributed by atoms with Crippen LogP contribution in [0.5, 0.6) is 11.5 Å². The summed E-state index contributed by atoms with van der Waals surface area (Å²) in [6, 6.07) is 3.50. The fraction of sp³-hybridized carbons (Fsp3) is 0.333. The number of nitrogens with zero attached hydrogens (tertiary/aromatic N) is 2. The molecule has 0 radical (unpaired) electrons. The van der Waals surface area contributed by atoms with Gasteiger partial charge < -0.3 is 9.47 Å². The smallest absolute Gasteiger partial charge is 0.161 e. The molecule has 1 aromatic heterocycles. The third kappa shape index (κ3) is 2.27. The Morgan fingerprint density at radius 3 is 2.35 bits per heavy atom. The van der Waals surface area contributed by atoms with Crippen molar-refractivity contribution >= 4 is 6.29 Å². The van der Waals surface area contributed by atoms with Gasteiger partial charge in [0, 0.05) is 23.4 Å². The zero-order valence-electron chi connectivity index (χ0n) is 12.1. The summed E-state index contributed by atoms with van der Waals surface area (Å²) < 4.78 is 12.4. The van der Waals surface area contributed by atoms with Crippen LogP contribution in [0.25, 0.3) is 11.1 Å². The first-order valence-electron chi connectivity index (χ1n) is 6.40. The van der Waals surface area contributed by atoms with Gasteiger partial charge in [0.2, 0.25) is 0 Å². The molecule has 20 heavy (non-hydrogen) atoms. The number of aromatic nitrogens is 2. The first-order valence-corrected chi connectivity index (χ1v) is 6.40. The Hall–Kier alpha value is -2.30. The Kier molecular flexibility index (Phi) is 4.08. The molecule has 5 nitrogen and oxygen atoms in total. The Balaban J connectivity index is 2.65. The standard InChI is InChI=1S/C15H18N2O3/c1-5-17-10(2)13(8-16-17)12-7-15(20-4)14(19-3)6-11(12)9-18/h6-9H,5H2,1-4H3. The van der Waals surface area contributed by atoms with Gasteiger partial charge in [-0.15, -0.1) is 0 Å². The third-order valence-electron chi connectivity index (χ3n) is 3.38. The van der Waals surface area contributed by atoms with E-state index >= 15 is 0 Å². The number of aldehydes is 1. The molecule has 106 valence electrons. The van der Waals surface area contributed by atoms with Crippen LogP contribution in [0.4, 0.5) is 0 Å². The van der Waals surface area contributed by atoms with E-state index in [1.165, 1.54) is 0 Å². The molecule has 0 saturated heterocycles. The number of hydrogen-bond acceptors (Lipinski definition) is 4. The molecule has 0 unspecified atom stereocenters. The van der Waals surface area contributed by atoms with E-state index in [-0.39, 0.29) is 0 Å². The highest BCUT2D eigenvalue weighted by molar-refractivity contribution is 5.89. The summed E-state index contributed by atoms with van der Waals surface area (Å²) in [6.45, 7) is 4.80. The zero-order chi connectivity index (χ0) is 14.7. The van der Waals surface area contributed by atoms with E-state index in [2.05, 4.69) is 5.10 Å². The van der Waals surface area contributed by atoms with E-state index in [1.54, 1.807) is 26.5 Å². The molecule has 5 heteroatoms. The fourth-order valence-electron chi connectivity index (χ4n) is 2.26. The van der Waals surface area contributed by atoms with Crippen LogP contribution < -0.4 is 9.47 Å².